The molecule has 0 aromatic heterocycles. The molecule has 1 aromatic rings. The molecule has 0 aliphatic carbocycles. The summed E-state index contributed by atoms with van der Waals surface area (Å²) >= 11 is 0. The lowest BCUT2D eigenvalue weighted by Crippen LogP contribution is -2.34. The molecular weight excluding hydrogens is 260 g/mol. The molecule has 1 N–H and O–H groups in total. The lowest BCUT2D eigenvalue weighted by atomic mass is 10.1. The molecule has 0 aliphatic rings. The summed E-state index contributed by atoms with van der Waals surface area (Å²) in [6.45, 7) is 7.50. The van der Waals surface area contributed by atoms with Crippen molar-refractivity contribution in [1.29, 1.82) is 0 Å². The third-order valence-corrected chi connectivity index (χ3v) is 5.97. The van der Waals surface area contributed by atoms with Crippen molar-refractivity contribution >= 4 is 9.84 Å². The van der Waals surface area contributed by atoms with Crippen LogP contribution in [0.1, 0.15) is 44.2 Å². The molecule has 2 atom stereocenters. The third-order valence-electron chi connectivity index (χ3n) is 3.45. The van der Waals surface area contributed by atoms with Gasteiger partial charge in [0.05, 0.1) is 16.2 Å². The molecule has 0 amide bonds. The zero-order valence-corrected chi connectivity index (χ0v) is 13.0. The van der Waals surface area contributed by atoms with Crippen LogP contribution in [0.5, 0.6) is 0 Å². The Bertz CT molecular complexity index is 520. The molecule has 1 aromatic carbocycles. The summed E-state index contributed by atoms with van der Waals surface area (Å²) in [4.78, 5) is 0.347. The van der Waals surface area contributed by atoms with Crippen LogP contribution >= 0.6 is 0 Å². The summed E-state index contributed by atoms with van der Waals surface area (Å²) < 4.78 is 25.3. The van der Waals surface area contributed by atoms with Crippen molar-refractivity contribution in [1.82, 2.24) is 0 Å². The van der Waals surface area contributed by atoms with Crippen molar-refractivity contribution < 1.29 is 13.5 Å². The number of aliphatic hydroxyl groups excluding tert-OH is 1. The van der Waals surface area contributed by atoms with Gasteiger partial charge in [-0.05, 0) is 38.3 Å². The van der Waals surface area contributed by atoms with Crippen molar-refractivity contribution in [3.63, 3.8) is 0 Å². The van der Waals surface area contributed by atoms with Crippen LogP contribution < -0.4 is 0 Å². The lowest BCUT2D eigenvalue weighted by molar-refractivity contribution is 0.155. The molecule has 4 heteroatoms. The van der Waals surface area contributed by atoms with Crippen LogP contribution in [0.25, 0.3) is 0 Å². The molecule has 0 bridgehead atoms. The second kappa shape index (κ2) is 6.53. The van der Waals surface area contributed by atoms with Crippen molar-refractivity contribution in [2.45, 2.75) is 63.2 Å². The van der Waals surface area contributed by atoms with E-state index in [9.17, 15) is 13.5 Å². The minimum Gasteiger partial charge on any atom is -0.392 e. The zero-order chi connectivity index (χ0) is 14.6. The number of rotatable bonds is 6. The fraction of sp³-hybridized carbons (Fsp3) is 0.600. The highest BCUT2D eigenvalue weighted by atomic mass is 32.2. The zero-order valence-electron chi connectivity index (χ0n) is 12.2. The fourth-order valence-electron chi connectivity index (χ4n) is 2.46. The van der Waals surface area contributed by atoms with Gasteiger partial charge in [-0.25, -0.2) is 8.42 Å². The molecule has 19 heavy (non-hydrogen) atoms. The Labute approximate surface area is 116 Å². The van der Waals surface area contributed by atoms with Crippen LogP contribution in [0.3, 0.4) is 0 Å². The van der Waals surface area contributed by atoms with Crippen LogP contribution in [-0.4, -0.2) is 24.9 Å². The number of aliphatic hydroxyl groups is 1. The van der Waals surface area contributed by atoms with Crippen molar-refractivity contribution in [3.05, 3.63) is 29.3 Å². The van der Waals surface area contributed by atoms with Gasteiger partial charge in [0.1, 0.15) is 0 Å². The second-order valence-corrected chi connectivity index (χ2v) is 7.25. The van der Waals surface area contributed by atoms with Gasteiger partial charge in [-0.3, -0.25) is 0 Å². The fourth-order valence-corrected chi connectivity index (χ4v) is 4.54. The highest BCUT2D eigenvalue weighted by Crippen LogP contribution is 2.26. The Kier molecular flexibility index (Phi) is 5.56. The average molecular weight is 284 g/mol. The normalized spacial score (nSPS) is 15.2. The molecule has 0 heterocycles. The van der Waals surface area contributed by atoms with Crippen molar-refractivity contribution in [2.24, 2.45) is 0 Å². The first-order valence-corrected chi connectivity index (χ1v) is 8.38. The van der Waals surface area contributed by atoms with Crippen molar-refractivity contribution in [3.8, 4) is 0 Å². The molecule has 0 spiro atoms. The number of hydrogen-bond donors (Lipinski definition) is 1. The summed E-state index contributed by atoms with van der Waals surface area (Å²) in [6.07, 6.45) is 0.931. The second-order valence-electron chi connectivity index (χ2n) is 5.12. The average Bonchev–Trinajstić information content (AvgIpc) is 2.28. The highest BCUT2D eigenvalue weighted by Gasteiger charge is 2.32. The summed E-state index contributed by atoms with van der Waals surface area (Å²) in [5, 5.41) is 9.36. The van der Waals surface area contributed by atoms with Gasteiger partial charge in [0.25, 0.3) is 0 Å². The minimum atomic E-state index is -3.47. The van der Waals surface area contributed by atoms with Gasteiger partial charge in [0.2, 0.25) is 0 Å². The maximum atomic E-state index is 12.7. The SMILES string of the molecule is CCCC(O)C(CC)S(=O)(=O)c1ccc(C)cc1C. The van der Waals surface area contributed by atoms with Gasteiger partial charge in [0, 0.05) is 0 Å². The topological polar surface area (TPSA) is 54.4 Å². The van der Waals surface area contributed by atoms with Crippen LogP contribution in [0, 0.1) is 13.8 Å². The van der Waals surface area contributed by atoms with Gasteiger partial charge in [-0.1, -0.05) is 38.0 Å². The predicted molar refractivity (Wildman–Crippen MR) is 78.1 cm³/mol. The molecule has 0 saturated carbocycles. The van der Waals surface area contributed by atoms with E-state index in [0.29, 0.717) is 17.7 Å². The number of sulfone groups is 1. The van der Waals surface area contributed by atoms with E-state index < -0.39 is 21.2 Å². The summed E-state index contributed by atoms with van der Waals surface area (Å²) in [7, 11) is -3.47. The van der Waals surface area contributed by atoms with Gasteiger partial charge < -0.3 is 5.11 Å². The Morgan fingerprint density at radius 2 is 1.84 bits per heavy atom. The molecule has 108 valence electrons. The first-order chi connectivity index (χ1) is 8.84. The lowest BCUT2D eigenvalue weighted by Gasteiger charge is -2.22. The van der Waals surface area contributed by atoms with Crippen LogP contribution in [0.15, 0.2) is 23.1 Å². The maximum Gasteiger partial charge on any atom is 0.184 e. The highest BCUT2D eigenvalue weighted by molar-refractivity contribution is 7.92. The van der Waals surface area contributed by atoms with E-state index >= 15 is 0 Å². The van der Waals surface area contributed by atoms with Crippen LogP contribution in [0.4, 0.5) is 0 Å². The van der Waals surface area contributed by atoms with Gasteiger partial charge in [0.15, 0.2) is 9.84 Å². The number of benzene rings is 1. The van der Waals surface area contributed by atoms with E-state index in [1.54, 1.807) is 19.1 Å². The smallest absolute Gasteiger partial charge is 0.184 e. The number of aryl methyl sites for hydroxylation is 2. The third kappa shape index (κ3) is 3.57. The van der Waals surface area contributed by atoms with E-state index in [0.717, 1.165) is 17.5 Å². The van der Waals surface area contributed by atoms with E-state index in [1.165, 1.54) is 0 Å². The molecule has 1 rings (SSSR count). The quantitative estimate of drug-likeness (QED) is 0.873. The van der Waals surface area contributed by atoms with Crippen LogP contribution in [0.2, 0.25) is 0 Å². The van der Waals surface area contributed by atoms with Gasteiger partial charge in [-0.15, -0.1) is 0 Å². The monoisotopic (exact) mass is 284 g/mol. The maximum absolute atomic E-state index is 12.7. The van der Waals surface area contributed by atoms with E-state index in [1.807, 2.05) is 26.8 Å². The molecule has 2 unspecified atom stereocenters. The summed E-state index contributed by atoms with van der Waals surface area (Å²) in [5.74, 6) is 0. The Balaban J connectivity index is 3.20. The first-order valence-electron chi connectivity index (χ1n) is 6.83. The largest absolute Gasteiger partial charge is 0.392 e. The minimum absolute atomic E-state index is 0.347. The summed E-state index contributed by atoms with van der Waals surface area (Å²) in [5.41, 5.74) is 1.79. The predicted octanol–water partition coefficient (Wildman–Crippen LogP) is 3.02. The summed E-state index contributed by atoms with van der Waals surface area (Å²) in [6, 6.07) is 5.33. The molecule has 3 nitrogen and oxygen atoms in total. The Morgan fingerprint density at radius 3 is 2.32 bits per heavy atom. The van der Waals surface area contributed by atoms with E-state index in [-0.39, 0.29) is 0 Å². The first kappa shape index (κ1) is 16.2. The van der Waals surface area contributed by atoms with Gasteiger partial charge in [-0.2, -0.15) is 0 Å². The Hall–Kier alpha value is -0.870. The van der Waals surface area contributed by atoms with Crippen LogP contribution in [-0.2, 0) is 9.84 Å². The Morgan fingerprint density at radius 1 is 1.21 bits per heavy atom. The molecule has 0 aliphatic heterocycles. The molecular formula is C15H24O3S. The van der Waals surface area contributed by atoms with E-state index in [2.05, 4.69) is 0 Å². The molecule has 0 fully saturated rings. The van der Waals surface area contributed by atoms with E-state index in [4.69, 9.17) is 0 Å². The number of hydrogen-bond acceptors (Lipinski definition) is 3. The van der Waals surface area contributed by atoms with Gasteiger partial charge >= 0.3 is 0 Å². The van der Waals surface area contributed by atoms with Crippen molar-refractivity contribution in [2.75, 3.05) is 0 Å². The standard InChI is InChI=1S/C15H24O3S/c1-5-7-13(16)14(6-2)19(17,18)15-9-8-11(3)10-12(15)4/h8-10,13-14,16H,5-7H2,1-4H3. The molecule has 0 saturated heterocycles. The molecule has 0 radical (unpaired) electrons.